The molecule has 1 aliphatic rings. The fraction of sp³-hybridized carbons (Fsp3) is 0.118. The first-order valence-corrected chi connectivity index (χ1v) is 7.63. The number of hydrogen-bond donors (Lipinski definition) is 2. The molecule has 0 atom stereocenters. The van der Waals surface area contributed by atoms with Gasteiger partial charge in [0.15, 0.2) is 0 Å². The Bertz CT molecular complexity index is 860. The quantitative estimate of drug-likeness (QED) is 0.900. The third-order valence-electron chi connectivity index (χ3n) is 3.66. The summed E-state index contributed by atoms with van der Waals surface area (Å²) in [5, 5.41) is 14.7. The Kier molecular flexibility index (Phi) is 4.36. The van der Waals surface area contributed by atoms with Crippen LogP contribution in [0.25, 0.3) is 0 Å². The number of nitriles is 1. The minimum absolute atomic E-state index is 0.210. The van der Waals surface area contributed by atoms with E-state index in [0.29, 0.717) is 30.0 Å². The van der Waals surface area contributed by atoms with Crippen molar-refractivity contribution in [2.24, 2.45) is 0 Å². The number of benzene rings is 2. The molecule has 0 saturated carbocycles. The zero-order chi connectivity index (χ0) is 17.1. The van der Waals surface area contributed by atoms with Gasteiger partial charge < -0.3 is 10.6 Å². The number of rotatable bonds is 3. The predicted octanol–water partition coefficient (Wildman–Crippen LogP) is 2.99. The average molecular weight is 341 g/mol. The molecule has 1 heterocycles. The van der Waals surface area contributed by atoms with E-state index >= 15 is 0 Å². The van der Waals surface area contributed by atoms with Crippen LogP contribution in [-0.2, 0) is 0 Å². The van der Waals surface area contributed by atoms with Crippen LogP contribution in [0.3, 0.4) is 0 Å². The van der Waals surface area contributed by atoms with E-state index in [1.54, 1.807) is 42.5 Å². The van der Waals surface area contributed by atoms with Crippen LogP contribution in [0.1, 0.15) is 15.9 Å². The molecule has 1 fully saturated rings. The summed E-state index contributed by atoms with van der Waals surface area (Å²) in [6, 6.07) is 13.3. The molecule has 1 saturated heterocycles. The van der Waals surface area contributed by atoms with Gasteiger partial charge in [0.2, 0.25) is 0 Å². The Morgan fingerprint density at radius 2 is 2.08 bits per heavy atom. The van der Waals surface area contributed by atoms with Gasteiger partial charge in [-0.15, -0.1) is 0 Å². The summed E-state index contributed by atoms with van der Waals surface area (Å²) in [7, 11) is 0. The second-order valence-corrected chi connectivity index (χ2v) is 5.57. The van der Waals surface area contributed by atoms with Gasteiger partial charge in [-0.3, -0.25) is 9.69 Å². The maximum absolute atomic E-state index is 12.5. The zero-order valence-electron chi connectivity index (χ0n) is 12.5. The lowest BCUT2D eigenvalue weighted by Crippen LogP contribution is -2.28. The third kappa shape index (κ3) is 3.03. The Morgan fingerprint density at radius 1 is 1.29 bits per heavy atom. The minimum Gasteiger partial charge on any atom is -0.336 e. The number of anilines is 2. The third-order valence-corrected chi connectivity index (χ3v) is 3.99. The lowest BCUT2D eigenvalue weighted by molar-refractivity contribution is 0.102. The molecule has 1 aliphatic heterocycles. The molecule has 6 nitrogen and oxygen atoms in total. The van der Waals surface area contributed by atoms with Gasteiger partial charge in [-0.25, -0.2) is 4.79 Å². The SMILES string of the molecule is N#Cc1ccccc1NC(=O)c1cc(N2CCNC2=O)ccc1Cl. The van der Waals surface area contributed by atoms with E-state index in [1.807, 2.05) is 6.07 Å². The lowest BCUT2D eigenvalue weighted by Gasteiger charge is -2.16. The van der Waals surface area contributed by atoms with E-state index in [9.17, 15) is 9.59 Å². The summed E-state index contributed by atoms with van der Waals surface area (Å²) in [5.41, 5.74) is 1.59. The standard InChI is InChI=1S/C17H13ClN4O2/c18-14-6-5-12(22-8-7-20-17(22)24)9-13(14)16(23)21-15-4-2-1-3-11(15)10-19/h1-6,9H,7-8H2,(H,20,24)(H,21,23). The molecule has 0 spiro atoms. The van der Waals surface area contributed by atoms with E-state index in [0.717, 1.165) is 0 Å². The molecular formula is C17H13ClN4O2. The molecular weight excluding hydrogens is 328 g/mol. The summed E-state index contributed by atoms with van der Waals surface area (Å²) in [4.78, 5) is 25.8. The molecule has 0 unspecified atom stereocenters. The normalized spacial score (nSPS) is 13.3. The fourth-order valence-electron chi connectivity index (χ4n) is 2.45. The van der Waals surface area contributed by atoms with E-state index < -0.39 is 5.91 Å². The number of carbonyl (C=O) groups excluding carboxylic acids is 2. The highest BCUT2D eigenvalue weighted by Gasteiger charge is 2.23. The minimum atomic E-state index is -0.441. The van der Waals surface area contributed by atoms with Crippen LogP contribution in [0.5, 0.6) is 0 Å². The molecule has 0 aromatic heterocycles. The van der Waals surface area contributed by atoms with Crippen molar-refractivity contribution in [3.63, 3.8) is 0 Å². The predicted molar refractivity (Wildman–Crippen MR) is 91.3 cm³/mol. The highest BCUT2D eigenvalue weighted by atomic mass is 35.5. The first kappa shape index (κ1) is 15.8. The van der Waals surface area contributed by atoms with E-state index in [2.05, 4.69) is 10.6 Å². The van der Waals surface area contributed by atoms with E-state index in [1.165, 1.54) is 4.90 Å². The number of nitrogens with zero attached hydrogens (tertiary/aromatic N) is 2. The van der Waals surface area contributed by atoms with Gasteiger partial charge in [0, 0.05) is 18.8 Å². The molecule has 7 heteroatoms. The van der Waals surface area contributed by atoms with Gasteiger partial charge in [0.05, 0.1) is 21.8 Å². The molecule has 0 bridgehead atoms. The van der Waals surface area contributed by atoms with Crippen molar-refractivity contribution in [1.82, 2.24) is 5.32 Å². The van der Waals surface area contributed by atoms with Gasteiger partial charge in [0.1, 0.15) is 6.07 Å². The first-order chi connectivity index (χ1) is 11.6. The van der Waals surface area contributed by atoms with Gasteiger partial charge in [-0.05, 0) is 30.3 Å². The Labute approximate surface area is 143 Å². The van der Waals surface area contributed by atoms with Crippen LogP contribution in [0.4, 0.5) is 16.2 Å². The van der Waals surface area contributed by atoms with Gasteiger partial charge in [-0.2, -0.15) is 5.26 Å². The van der Waals surface area contributed by atoms with Crippen LogP contribution >= 0.6 is 11.6 Å². The summed E-state index contributed by atoms with van der Waals surface area (Å²) >= 11 is 6.13. The highest BCUT2D eigenvalue weighted by Crippen LogP contribution is 2.25. The number of para-hydroxylation sites is 1. The van der Waals surface area contributed by atoms with Crippen LogP contribution in [0.2, 0.25) is 5.02 Å². The maximum atomic E-state index is 12.5. The smallest absolute Gasteiger partial charge is 0.321 e. The van der Waals surface area contributed by atoms with Crippen molar-refractivity contribution in [3.8, 4) is 6.07 Å². The molecule has 3 rings (SSSR count). The zero-order valence-corrected chi connectivity index (χ0v) is 13.3. The number of amides is 3. The van der Waals surface area contributed by atoms with Crippen molar-refractivity contribution in [2.45, 2.75) is 0 Å². The monoisotopic (exact) mass is 340 g/mol. The van der Waals surface area contributed by atoms with E-state index in [4.69, 9.17) is 16.9 Å². The van der Waals surface area contributed by atoms with Crippen molar-refractivity contribution < 1.29 is 9.59 Å². The summed E-state index contributed by atoms with van der Waals surface area (Å²) in [5.74, 6) is -0.441. The van der Waals surface area contributed by atoms with Crippen molar-refractivity contribution >= 4 is 34.9 Å². The summed E-state index contributed by atoms with van der Waals surface area (Å²) in [6.07, 6.45) is 0. The van der Waals surface area contributed by atoms with Crippen molar-refractivity contribution in [2.75, 3.05) is 23.3 Å². The van der Waals surface area contributed by atoms with E-state index in [-0.39, 0.29) is 16.6 Å². The van der Waals surface area contributed by atoms with Gasteiger partial charge in [-0.1, -0.05) is 23.7 Å². The molecule has 2 N–H and O–H groups in total. The Hall–Kier alpha value is -3.04. The number of halogens is 1. The fourth-order valence-corrected chi connectivity index (χ4v) is 2.66. The topological polar surface area (TPSA) is 85.2 Å². The van der Waals surface area contributed by atoms with Crippen LogP contribution < -0.4 is 15.5 Å². The molecule has 2 aromatic rings. The Balaban J connectivity index is 1.89. The largest absolute Gasteiger partial charge is 0.336 e. The summed E-state index contributed by atoms with van der Waals surface area (Å²) < 4.78 is 0. The van der Waals surface area contributed by atoms with Crippen molar-refractivity contribution in [3.05, 3.63) is 58.6 Å². The molecule has 120 valence electrons. The molecule has 0 radical (unpaired) electrons. The number of hydrogen-bond acceptors (Lipinski definition) is 3. The van der Waals surface area contributed by atoms with Crippen LogP contribution in [0.15, 0.2) is 42.5 Å². The molecule has 3 amide bonds. The maximum Gasteiger partial charge on any atom is 0.321 e. The van der Waals surface area contributed by atoms with Gasteiger partial charge in [0.25, 0.3) is 5.91 Å². The van der Waals surface area contributed by atoms with Crippen LogP contribution in [0, 0.1) is 11.3 Å². The average Bonchev–Trinajstić information content (AvgIpc) is 3.02. The molecule has 0 aliphatic carbocycles. The van der Waals surface area contributed by atoms with Gasteiger partial charge >= 0.3 is 6.03 Å². The lowest BCUT2D eigenvalue weighted by atomic mass is 10.1. The van der Waals surface area contributed by atoms with Crippen molar-refractivity contribution in [1.29, 1.82) is 5.26 Å². The highest BCUT2D eigenvalue weighted by molar-refractivity contribution is 6.34. The Morgan fingerprint density at radius 3 is 2.79 bits per heavy atom. The van der Waals surface area contributed by atoms with Crippen LogP contribution in [-0.4, -0.2) is 25.0 Å². The molecule has 24 heavy (non-hydrogen) atoms. The number of carbonyl (C=O) groups is 2. The molecule has 2 aromatic carbocycles. The second-order valence-electron chi connectivity index (χ2n) is 5.16. The second kappa shape index (κ2) is 6.60. The first-order valence-electron chi connectivity index (χ1n) is 7.25. The number of nitrogens with one attached hydrogen (secondary N) is 2. The summed E-state index contributed by atoms with van der Waals surface area (Å²) in [6.45, 7) is 1.08. The number of urea groups is 1.